The Hall–Kier alpha value is -1.06. The maximum Gasteiger partial charge on any atom is 0.129 e. The smallest absolute Gasteiger partial charge is 0.129 e. The van der Waals surface area contributed by atoms with Gasteiger partial charge in [0, 0.05) is 9.75 Å². The molecule has 0 spiro atoms. The third-order valence-corrected chi connectivity index (χ3v) is 4.01. The molecular formula is C13H15ClN2S. The van der Waals surface area contributed by atoms with Gasteiger partial charge in [-0.1, -0.05) is 11.6 Å². The van der Waals surface area contributed by atoms with E-state index in [0.29, 0.717) is 5.15 Å². The summed E-state index contributed by atoms with van der Waals surface area (Å²) in [6.45, 7) is 6.23. The Labute approximate surface area is 111 Å². The third-order valence-electron chi connectivity index (χ3n) is 2.61. The molecule has 0 aliphatic heterocycles. The first-order chi connectivity index (χ1) is 8.06. The molecule has 1 N–H and O–H groups in total. The summed E-state index contributed by atoms with van der Waals surface area (Å²) in [6.07, 6.45) is 0. The van der Waals surface area contributed by atoms with Crippen LogP contribution in [0.3, 0.4) is 0 Å². The van der Waals surface area contributed by atoms with Gasteiger partial charge >= 0.3 is 0 Å². The first-order valence-corrected chi connectivity index (χ1v) is 6.71. The van der Waals surface area contributed by atoms with Crippen LogP contribution < -0.4 is 5.32 Å². The Balaban J connectivity index is 2.15. The molecule has 4 heteroatoms. The van der Waals surface area contributed by atoms with Gasteiger partial charge in [0.2, 0.25) is 0 Å². The third kappa shape index (κ3) is 2.99. The Morgan fingerprint density at radius 2 is 2.00 bits per heavy atom. The number of anilines is 1. The van der Waals surface area contributed by atoms with Crippen molar-refractivity contribution in [3.8, 4) is 0 Å². The van der Waals surface area contributed by atoms with Gasteiger partial charge in [-0.25, -0.2) is 4.98 Å². The number of nitrogens with one attached hydrogen (secondary N) is 1. The lowest BCUT2D eigenvalue weighted by Gasteiger charge is -2.15. The molecule has 17 heavy (non-hydrogen) atoms. The Morgan fingerprint density at radius 3 is 2.59 bits per heavy atom. The van der Waals surface area contributed by atoms with Crippen LogP contribution in [-0.2, 0) is 0 Å². The Kier molecular flexibility index (Phi) is 3.69. The standard InChI is InChI=1S/C13H15ClN2S/c1-8-4-6-12(17-8)10(3)15-11-5-7-13(14)16-9(11)2/h4-7,10,15H,1-3H3. The zero-order chi connectivity index (χ0) is 12.4. The van der Waals surface area contributed by atoms with Gasteiger partial charge in [0.05, 0.1) is 17.4 Å². The van der Waals surface area contributed by atoms with E-state index in [0.717, 1.165) is 11.4 Å². The van der Waals surface area contributed by atoms with Crippen LogP contribution in [-0.4, -0.2) is 4.98 Å². The highest BCUT2D eigenvalue weighted by atomic mass is 35.5. The molecular weight excluding hydrogens is 252 g/mol. The topological polar surface area (TPSA) is 24.9 Å². The molecule has 0 saturated carbocycles. The minimum absolute atomic E-state index is 0.287. The molecule has 2 aromatic rings. The molecule has 2 nitrogen and oxygen atoms in total. The molecule has 0 saturated heterocycles. The number of rotatable bonds is 3. The van der Waals surface area contributed by atoms with Crippen LogP contribution >= 0.6 is 22.9 Å². The summed E-state index contributed by atoms with van der Waals surface area (Å²) in [5.41, 5.74) is 1.96. The molecule has 2 aromatic heterocycles. The van der Waals surface area contributed by atoms with Crippen molar-refractivity contribution in [2.45, 2.75) is 26.8 Å². The normalized spacial score (nSPS) is 12.5. The number of aromatic nitrogens is 1. The number of hydrogen-bond acceptors (Lipinski definition) is 3. The predicted octanol–water partition coefficient (Wildman–Crippen LogP) is 4.59. The summed E-state index contributed by atoms with van der Waals surface area (Å²) < 4.78 is 0. The summed E-state index contributed by atoms with van der Waals surface area (Å²) in [7, 11) is 0. The monoisotopic (exact) mass is 266 g/mol. The summed E-state index contributed by atoms with van der Waals surface area (Å²) >= 11 is 7.65. The van der Waals surface area contributed by atoms with E-state index in [1.165, 1.54) is 9.75 Å². The van der Waals surface area contributed by atoms with Gasteiger partial charge < -0.3 is 5.32 Å². The van der Waals surface area contributed by atoms with Crippen molar-refractivity contribution in [3.63, 3.8) is 0 Å². The van der Waals surface area contributed by atoms with Crippen LogP contribution in [0.1, 0.15) is 28.4 Å². The van der Waals surface area contributed by atoms with Gasteiger partial charge in [0.15, 0.2) is 0 Å². The number of aryl methyl sites for hydroxylation is 2. The molecule has 0 fully saturated rings. The number of thiophene rings is 1. The van der Waals surface area contributed by atoms with Crippen molar-refractivity contribution < 1.29 is 0 Å². The highest BCUT2D eigenvalue weighted by molar-refractivity contribution is 7.12. The van der Waals surface area contributed by atoms with Crippen molar-refractivity contribution in [2.24, 2.45) is 0 Å². The molecule has 0 bridgehead atoms. The molecule has 0 aromatic carbocycles. The number of hydrogen-bond donors (Lipinski definition) is 1. The second-order valence-electron chi connectivity index (χ2n) is 4.08. The van der Waals surface area contributed by atoms with Gasteiger partial charge in [0.1, 0.15) is 5.15 Å². The van der Waals surface area contributed by atoms with Crippen LogP contribution in [0, 0.1) is 13.8 Å². The zero-order valence-corrected chi connectivity index (χ0v) is 11.7. The molecule has 1 unspecified atom stereocenters. The second-order valence-corrected chi connectivity index (χ2v) is 5.79. The number of pyridine rings is 1. The second kappa shape index (κ2) is 5.07. The first kappa shape index (κ1) is 12.4. The first-order valence-electron chi connectivity index (χ1n) is 5.52. The van der Waals surface area contributed by atoms with Crippen molar-refractivity contribution >= 4 is 28.6 Å². The Morgan fingerprint density at radius 1 is 1.24 bits per heavy atom. The molecule has 2 rings (SSSR count). The van der Waals surface area contributed by atoms with E-state index in [4.69, 9.17) is 11.6 Å². The number of nitrogens with zero attached hydrogens (tertiary/aromatic N) is 1. The fourth-order valence-corrected chi connectivity index (χ4v) is 2.74. The SMILES string of the molecule is Cc1ccc(C(C)Nc2ccc(Cl)nc2C)s1. The highest BCUT2D eigenvalue weighted by Gasteiger charge is 2.09. The zero-order valence-electron chi connectivity index (χ0n) is 10.1. The number of halogens is 1. The quantitative estimate of drug-likeness (QED) is 0.822. The molecule has 0 aliphatic rings. The van der Waals surface area contributed by atoms with Gasteiger partial charge in [-0.2, -0.15) is 0 Å². The molecule has 0 radical (unpaired) electrons. The van der Waals surface area contributed by atoms with Crippen LogP contribution in [0.5, 0.6) is 0 Å². The highest BCUT2D eigenvalue weighted by Crippen LogP contribution is 2.27. The molecule has 90 valence electrons. The summed E-state index contributed by atoms with van der Waals surface area (Å²) in [5.74, 6) is 0. The fraction of sp³-hybridized carbons (Fsp3) is 0.308. The van der Waals surface area contributed by atoms with Crippen LogP contribution in [0.15, 0.2) is 24.3 Å². The van der Waals surface area contributed by atoms with E-state index in [1.54, 1.807) is 0 Å². The van der Waals surface area contributed by atoms with Gasteiger partial charge in [-0.3, -0.25) is 0 Å². The average Bonchev–Trinajstić information content (AvgIpc) is 2.69. The van der Waals surface area contributed by atoms with Crippen LogP contribution in [0.25, 0.3) is 0 Å². The minimum Gasteiger partial charge on any atom is -0.376 e. The maximum absolute atomic E-state index is 5.84. The largest absolute Gasteiger partial charge is 0.376 e. The fourth-order valence-electron chi connectivity index (χ4n) is 1.67. The van der Waals surface area contributed by atoms with E-state index >= 15 is 0 Å². The molecule has 0 aliphatic carbocycles. The van der Waals surface area contributed by atoms with Crippen molar-refractivity contribution in [1.82, 2.24) is 4.98 Å². The summed E-state index contributed by atoms with van der Waals surface area (Å²) in [4.78, 5) is 6.90. The van der Waals surface area contributed by atoms with E-state index < -0.39 is 0 Å². The molecule has 0 amide bonds. The maximum atomic E-state index is 5.84. The van der Waals surface area contributed by atoms with Crippen molar-refractivity contribution in [3.05, 3.63) is 44.9 Å². The lowest BCUT2D eigenvalue weighted by molar-refractivity contribution is 0.901. The van der Waals surface area contributed by atoms with Gasteiger partial charge in [0.25, 0.3) is 0 Å². The molecule has 2 heterocycles. The van der Waals surface area contributed by atoms with E-state index in [1.807, 2.05) is 30.4 Å². The minimum atomic E-state index is 0.287. The summed E-state index contributed by atoms with van der Waals surface area (Å²) in [6, 6.07) is 8.38. The lowest BCUT2D eigenvalue weighted by atomic mass is 10.2. The summed E-state index contributed by atoms with van der Waals surface area (Å²) in [5, 5.41) is 3.99. The van der Waals surface area contributed by atoms with Gasteiger partial charge in [-0.05, 0) is 45.0 Å². The predicted molar refractivity (Wildman–Crippen MR) is 75.1 cm³/mol. The van der Waals surface area contributed by atoms with E-state index in [9.17, 15) is 0 Å². The van der Waals surface area contributed by atoms with Crippen LogP contribution in [0.2, 0.25) is 5.15 Å². The lowest BCUT2D eigenvalue weighted by Crippen LogP contribution is -2.06. The van der Waals surface area contributed by atoms with Gasteiger partial charge in [-0.15, -0.1) is 11.3 Å². The Bertz CT molecular complexity index is 522. The van der Waals surface area contributed by atoms with E-state index in [2.05, 4.69) is 36.3 Å². The van der Waals surface area contributed by atoms with Crippen molar-refractivity contribution in [1.29, 1.82) is 0 Å². The van der Waals surface area contributed by atoms with E-state index in [-0.39, 0.29) is 6.04 Å². The van der Waals surface area contributed by atoms with Crippen molar-refractivity contribution in [2.75, 3.05) is 5.32 Å². The van der Waals surface area contributed by atoms with Crippen LogP contribution in [0.4, 0.5) is 5.69 Å². The average molecular weight is 267 g/mol. The molecule has 1 atom stereocenters.